The molecule has 150 valence electrons. The lowest BCUT2D eigenvalue weighted by Crippen LogP contribution is -2.25. The van der Waals surface area contributed by atoms with Gasteiger partial charge in [-0.1, -0.05) is 65.7 Å². The second-order valence-electron chi connectivity index (χ2n) is 6.36. The summed E-state index contributed by atoms with van der Waals surface area (Å²) in [4.78, 5) is 12.4. The summed E-state index contributed by atoms with van der Waals surface area (Å²) >= 11 is 13.7. The Balaban J connectivity index is 1.41. The third-order valence-electron chi connectivity index (χ3n) is 4.13. The molecule has 29 heavy (non-hydrogen) atoms. The number of amides is 1. The van der Waals surface area contributed by atoms with Gasteiger partial charge in [-0.15, -0.1) is 0 Å². The third kappa shape index (κ3) is 7.00. The van der Waals surface area contributed by atoms with E-state index >= 15 is 0 Å². The van der Waals surface area contributed by atoms with E-state index in [4.69, 9.17) is 27.9 Å². The van der Waals surface area contributed by atoms with E-state index in [2.05, 4.69) is 5.32 Å². The molecule has 0 atom stereocenters. The lowest BCUT2D eigenvalue weighted by molar-refractivity contribution is 0.0955. The third-order valence-corrected chi connectivity index (χ3v) is 5.90. The Morgan fingerprint density at radius 2 is 1.72 bits per heavy atom. The van der Waals surface area contributed by atoms with Crippen LogP contribution in [0.5, 0.6) is 5.75 Å². The topological polar surface area (TPSA) is 38.3 Å². The molecule has 0 unspecified atom stereocenters. The summed E-state index contributed by atoms with van der Waals surface area (Å²) in [5.74, 6) is 2.19. The maximum Gasteiger partial charge on any atom is 0.251 e. The lowest BCUT2D eigenvalue weighted by Gasteiger charge is -2.09. The van der Waals surface area contributed by atoms with Gasteiger partial charge in [-0.2, -0.15) is 11.8 Å². The molecule has 0 fully saturated rings. The number of hydrogen-bond acceptors (Lipinski definition) is 3. The van der Waals surface area contributed by atoms with Gasteiger partial charge < -0.3 is 10.1 Å². The maximum absolute atomic E-state index is 12.4. The van der Waals surface area contributed by atoms with Crippen LogP contribution in [0.2, 0.25) is 10.0 Å². The summed E-state index contributed by atoms with van der Waals surface area (Å²) in [5.41, 5.74) is 2.78. The molecule has 3 aromatic carbocycles. The zero-order chi connectivity index (χ0) is 20.5. The van der Waals surface area contributed by atoms with Crippen molar-refractivity contribution in [3.05, 3.63) is 99.5 Å². The largest absolute Gasteiger partial charge is 0.489 e. The molecule has 0 radical (unpaired) electrons. The number of ether oxygens (including phenoxy) is 1. The van der Waals surface area contributed by atoms with E-state index in [0.29, 0.717) is 34.5 Å². The molecule has 0 spiro atoms. The monoisotopic (exact) mass is 445 g/mol. The number of benzene rings is 3. The van der Waals surface area contributed by atoms with Crippen LogP contribution in [0.3, 0.4) is 0 Å². The average Bonchev–Trinajstić information content (AvgIpc) is 2.75. The number of nitrogens with one attached hydrogen (secondary N) is 1. The van der Waals surface area contributed by atoms with E-state index in [1.54, 1.807) is 30.0 Å². The highest BCUT2D eigenvalue weighted by molar-refractivity contribution is 7.98. The minimum Gasteiger partial charge on any atom is -0.489 e. The van der Waals surface area contributed by atoms with E-state index in [1.807, 2.05) is 54.6 Å². The molecule has 3 nitrogen and oxygen atoms in total. The van der Waals surface area contributed by atoms with Crippen LogP contribution in [-0.4, -0.2) is 18.2 Å². The molecule has 0 saturated heterocycles. The minimum absolute atomic E-state index is 0.106. The van der Waals surface area contributed by atoms with Crippen molar-refractivity contribution in [2.45, 2.75) is 12.4 Å². The molecule has 0 aliphatic rings. The molecule has 0 bridgehead atoms. The number of carbonyl (C=O) groups excluding carboxylic acids is 1. The summed E-state index contributed by atoms with van der Waals surface area (Å²) in [7, 11) is 0. The van der Waals surface area contributed by atoms with Crippen LogP contribution in [0.15, 0.2) is 72.8 Å². The Kier molecular flexibility index (Phi) is 8.29. The summed E-state index contributed by atoms with van der Waals surface area (Å²) in [6.07, 6.45) is 0. The zero-order valence-electron chi connectivity index (χ0n) is 15.7. The van der Waals surface area contributed by atoms with Crippen LogP contribution in [0.25, 0.3) is 0 Å². The van der Waals surface area contributed by atoms with Crippen molar-refractivity contribution in [1.82, 2.24) is 5.32 Å². The fraction of sp³-hybridized carbons (Fsp3) is 0.174. The highest BCUT2D eigenvalue weighted by atomic mass is 35.5. The molecule has 1 amide bonds. The van der Waals surface area contributed by atoms with Gasteiger partial charge in [0.2, 0.25) is 0 Å². The van der Waals surface area contributed by atoms with E-state index in [1.165, 1.54) is 0 Å². The Labute approximate surface area is 185 Å². The van der Waals surface area contributed by atoms with Crippen molar-refractivity contribution in [3.63, 3.8) is 0 Å². The first-order valence-electron chi connectivity index (χ1n) is 9.18. The van der Waals surface area contributed by atoms with Gasteiger partial charge in [-0.05, 0) is 41.5 Å². The first-order valence-corrected chi connectivity index (χ1v) is 11.1. The molecule has 3 rings (SSSR count). The number of carbonyl (C=O) groups is 1. The number of hydrogen-bond donors (Lipinski definition) is 1. The fourth-order valence-corrected chi connectivity index (χ4v) is 3.75. The zero-order valence-corrected chi connectivity index (χ0v) is 18.1. The summed E-state index contributed by atoms with van der Waals surface area (Å²) in [6.45, 7) is 1.05. The van der Waals surface area contributed by atoms with E-state index in [0.717, 1.165) is 22.6 Å². The van der Waals surface area contributed by atoms with Gasteiger partial charge in [-0.25, -0.2) is 0 Å². The number of thioether (sulfide) groups is 1. The van der Waals surface area contributed by atoms with Crippen molar-refractivity contribution < 1.29 is 9.53 Å². The quantitative estimate of drug-likeness (QED) is 0.396. The van der Waals surface area contributed by atoms with E-state index in [-0.39, 0.29) is 5.91 Å². The van der Waals surface area contributed by atoms with Crippen molar-refractivity contribution in [2.24, 2.45) is 0 Å². The second-order valence-corrected chi connectivity index (χ2v) is 8.28. The van der Waals surface area contributed by atoms with E-state index in [9.17, 15) is 4.79 Å². The van der Waals surface area contributed by atoms with Gasteiger partial charge in [0.15, 0.2) is 0 Å². The highest BCUT2D eigenvalue weighted by Gasteiger charge is 2.07. The molecule has 0 aliphatic heterocycles. The first-order chi connectivity index (χ1) is 14.1. The minimum atomic E-state index is -0.106. The molecule has 0 aliphatic carbocycles. The van der Waals surface area contributed by atoms with Crippen LogP contribution < -0.4 is 10.1 Å². The fourth-order valence-electron chi connectivity index (χ4n) is 2.63. The van der Waals surface area contributed by atoms with Crippen molar-refractivity contribution >= 4 is 40.9 Å². The van der Waals surface area contributed by atoms with Gasteiger partial charge in [0, 0.05) is 23.6 Å². The predicted octanol–water partition coefficient (Wildman–Crippen LogP) is 6.24. The summed E-state index contributed by atoms with van der Waals surface area (Å²) in [5, 5.41) is 4.06. The molecular formula is C23H21Cl2NO2S. The van der Waals surface area contributed by atoms with Gasteiger partial charge in [-0.3, -0.25) is 4.79 Å². The smallest absolute Gasteiger partial charge is 0.251 e. The summed E-state index contributed by atoms with van der Waals surface area (Å²) in [6, 6.07) is 22.8. The Morgan fingerprint density at radius 1 is 0.897 bits per heavy atom. The summed E-state index contributed by atoms with van der Waals surface area (Å²) < 4.78 is 5.79. The van der Waals surface area contributed by atoms with E-state index < -0.39 is 0 Å². The predicted molar refractivity (Wildman–Crippen MR) is 122 cm³/mol. The van der Waals surface area contributed by atoms with Gasteiger partial charge in [0.25, 0.3) is 5.91 Å². The van der Waals surface area contributed by atoms with Gasteiger partial charge in [0.05, 0.1) is 10.0 Å². The number of rotatable bonds is 9. The van der Waals surface area contributed by atoms with Crippen LogP contribution in [0.4, 0.5) is 0 Å². The van der Waals surface area contributed by atoms with Crippen LogP contribution in [0, 0.1) is 0 Å². The number of halogens is 2. The van der Waals surface area contributed by atoms with Crippen LogP contribution in [0.1, 0.15) is 21.5 Å². The molecule has 3 aromatic rings. The molecule has 6 heteroatoms. The Bertz CT molecular complexity index is 951. The van der Waals surface area contributed by atoms with Crippen molar-refractivity contribution in [1.29, 1.82) is 0 Å². The van der Waals surface area contributed by atoms with Gasteiger partial charge in [0.1, 0.15) is 12.4 Å². The Hall–Kier alpha value is -2.14. The lowest BCUT2D eigenvalue weighted by atomic mass is 10.2. The average molecular weight is 446 g/mol. The molecular weight excluding hydrogens is 425 g/mol. The normalized spacial score (nSPS) is 10.6. The van der Waals surface area contributed by atoms with Crippen LogP contribution in [-0.2, 0) is 12.4 Å². The SMILES string of the molecule is O=C(NCCSCc1ccc(Cl)c(Cl)c1)c1cccc(OCc2ccccc2)c1. The van der Waals surface area contributed by atoms with Crippen molar-refractivity contribution in [2.75, 3.05) is 12.3 Å². The second kappa shape index (κ2) is 11.1. The Morgan fingerprint density at radius 3 is 2.52 bits per heavy atom. The molecule has 1 N–H and O–H groups in total. The highest BCUT2D eigenvalue weighted by Crippen LogP contribution is 2.24. The standard InChI is InChI=1S/C23H21Cl2NO2S/c24-21-10-9-18(13-22(21)25)16-29-12-11-26-23(27)19-7-4-8-20(14-19)28-15-17-5-2-1-3-6-17/h1-10,13-14H,11-12,15-16H2,(H,26,27). The van der Waals surface area contributed by atoms with Crippen molar-refractivity contribution in [3.8, 4) is 5.75 Å². The first kappa shape index (κ1) is 21.6. The molecule has 0 saturated carbocycles. The molecule has 0 aromatic heterocycles. The van der Waals surface area contributed by atoms with Crippen LogP contribution >= 0.6 is 35.0 Å². The molecule has 0 heterocycles. The van der Waals surface area contributed by atoms with Gasteiger partial charge >= 0.3 is 0 Å². The maximum atomic E-state index is 12.4.